The monoisotopic (exact) mass is 591 g/mol. The van der Waals surface area contributed by atoms with E-state index in [2.05, 4.69) is 104 Å². The molecule has 1 fully saturated rings. The predicted octanol–water partition coefficient (Wildman–Crippen LogP) is 4.07. The van der Waals surface area contributed by atoms with Crippen molar-refractivity contribution in [2.75, 3.05) is 39.8 Å². The third-order valence-electron chi connectivity index (χ3n) is 5.10. The lowest BCUT2D eigenvalue weighted by molar-refractivity contribution is 0.0888. The molecule has 1 unspecified atom stereocenters. The highest BCUT2D eigenvalue weighted by Crippen LogP contribution is 2.27. The highest BCUT2D eigenvalue weighted by atomic mass is 127. The quantitative estimate of drug-likeness (QED) is 0.377. The van der Waals surface area contributed by atoms with Crippen LogP contribution >= 0.6 is 45.2 Å². The van der Waals surface area contributed by atoms with Crippen molar-refractivity contribution in [2.24, 2.45) is 0 Å². The molecule has 2 aromatic carbocycles. The number of aromatic hydroxyl groups is 1. The van der Waals surface area contributed by atoms with Gasteiger partial charge in [-0.25, -0.2) is 0 Å². The largest absolute Gasteiger partial charge is 0.507 e. The Morgan fingerprint density at radius 1 is 1.15 bits per heavy atom. The van der Waals surface area contributed by atoms with E-state index in [0.717, 1.165) is 51.8 Å². The molecule has 0 amide bonds. The molecule has 2 aromatic rings. The second-order valence-corrected chi connectivity index (χ2v) is 9.56. The zero-order valence-electron chi connectivity index (χ0n) is 15.7. The van der Waals surface area contributed by atoms with Gasteiger partial charge >= 0.3 is 0 Å². The van der Waals surface area contributed by atoms with E-state index in [1.165, 1.54) is 5.56 Å². The van der Waals surface area contributed by atoms with Crippen molar-refractivity contribution in [3.8, 4) is 5.75 Å². The Kier molecular flexibility index (Phi) is 8.19. The highest BCUT2D eigenvalue weighted by Gasteiger charge is 2.25. The number of hydrogen-bond donors (Lipinski definition) is 2. The third kappa shape index (κ3) is 6.03. The summed E-state index contributed by atoms with van der Waals surface area (Å²) in [6, 6.07) is 15.4. The summed E-state index contributed by atoms with van der Waals surface area (Å²) in [7, 11) is 2.21. The normalized spacial score (nSPS) is 18.7. The van der Waals surface area contributed by atoms with Crippen molar-refractivity contribution in [2.45, 2.75) is 19.0 Å². The molecular weight excluding hydrogens is 564 g/mol. The van der Waals surface area contributed by atoms with E-state index in [-0.39, 0.29) is 0 Å². The van der Waals surface area contributed by atoms with Gasteiger partial charge < -0.3 is 15.3 Å². The Bertz CT molecular complexity index is 742. The zero-order chi connectivity index (χ0) is 19.2. The molecule has 0 saturated carbocycles. The van der Waals surface area contributed by atoms with Crippen LogP contribution in [0, 0.1) is 7.14 Å². The van der Waals surface area contributed by atoms with E-state index in [4.69, 9.17) is 0 Å². The zero-order valence-corrected chi connectivity index (χ0v) is 20.0. The molecule has 2 N–H and O–H groups in total. The summed E-state index contributed by atoms with van der Waals surface area (Å²) < 4.78 is 2.08. The van der Waals surface area contributed by atoms with Crippen molar-refractivity contribution in [1.29, 1.82) is 0 Å². The fourth-order valence-electron chi connectivity index (χ4n) is 3.60. The van der Waals surface area contributed by atoms with Gasteiger partial charge in [-0.15, -0.1) is 0 Å². The Morgan fingerprint density at radius 3 is 2.70 bits per heavy atom. The molecule has 1 atom stereocenters. The van der Waals surface area contributed by atoms with Crippen LogP contribution in [0.15, 0.2) is 42.5 Å². The highest BCUT2D eigenvalue weighted by molar-refractivity contribution is 14.1. The van der Waals surface area contributed by atoms with E-state index >= 15 is 0 Å². The number of nitrogens with one attached hydrogen (secondary N) is 1. The van der Waals surface area contributed by atoms with Gasteiger partial charge in [-0.2, -0.15) is 0 Å². The Balaban J connectivity index is 1.49. The number of phenolic OH excluding ortho intramolecular Hbond substituents is 1. The first-order chi connectivity index (χ1) is 13.0. The minimum absolute atomic E-state index is 0.409. The van der Waals surface area contributed by atoms with E-state index in [1.807, 2.05) is 6.07 Å². The topological polar surface area (TPSA) is 38.7 Å². The van der Waals surface area contributed by atoms with E-state index in [0.29, 0.717) is 18.3 Å². The summed E-state index contributed by atoms with van der Waals surface area (Å²) in [5, 5.41) is 13.7. The van der Waals surface area contributed by atoms with Gasteiger partial charge in [-0.05, 0) is 82.9 Å². The molecular formula is C21H27I2N3O. The lowest BCUT2D eigenvalue weighted by Crippen LogP contribution is -2.47. The van der Waals surface area contributed by atoms with Crippen molar-refractivity contribution in [3.63, 3.8) is 0 Å². The number of likely N-dealkylation sites (N-methyl/N-ethyl adjacent to an activating group) is 1. The summed E-state index contributed by atoms with van der Waals surface area (Å²) in [6.07, 6.45) is 1.11. The van der Waals surface area contributed by atoms with Gasteiger partial charge in [0.15, 0.2) is 0 Å². The summed E-state index contributed by atoms with van der Waals surface area (Å²) in [4.78, 5) is 5.04. The van der Waals surface area contributed by atoms with Gasteiger partial charge in [0.2, 0.25) is 0 Å². The van der Waals surface area contributed by atoms with Gasteiger partial charge in [-0.1, -0.05) is 30.3 Å². The number of piperazine rings is 1. The fraction of sp³-hybridized carbons (Fsp3) is 0.429. The van der Waals surface area contributed by atoms with E-state index < -0.39 is 0 Å². The van der Waals surface area contributed by atoms with Crippen molar-refractivity contribution in [1.82, 2.24) is 15.1 Å². The van der Waals surface area contributed by atoms with Gasteiger partial charge in [0.05, 0.1) is 3.57 Å². The SMILES string of the molecule is CN1CCN(CCCNCc2cc(I)cc(I)c2O)C(c2ccccc2)C1. The molecule has 0 bridgehead atoms. The number of halogens is 2. The Hall–Kier alpha value is -0.420. The average molecular weight is 591 g/mol. The first-order valence-electron chi connectivity index (χ1n) is 9.39. The van der Waals surface area contributed by atoms with E-state index in [1.54, 1.807) is 0 Å². The maximum absolute atomic E-state index is 10.2. The van der Waals surface area contributed by atoms with Crippen LogP contribution in [-0.2, 0) is 6.54 Å². The second kappa shape index (κ2) is 10.4. The maximum Gasteiger partial charge on any atom is 0.133 e. The van der Waals surface area contributed by atoms with Crippen LogP contribution in [0.5, 0.6) is 5.75 Å². The van der Waals surface area contributed by atoms with Crippen LogP contribution in [0.3, 0.4) is 0 Å². The first kappa shape index (κ1) is 21.3. The predicted molar refractivity (Wildman–Crippen MR) is 128 cm³/mol. The fourth-order valence-corrected chi connectivity index (χ4v) is 5.57. The van der Waals surface area contributed by atoms with Crippen LogP contribution < -0.4 is 5.32 Å². The lowest BCUT2D eigenvalue weighted by Gasteiger charge is -2.40. The number of rotatable bonds is 7. The molecule has 0 aromatic heterocycles. The van der Waals surface area contributed by atoms with Crippen molar-refractivity contribution >= 4 is 45.2 Å². The number of phenols is 1. The van der Waals surface area contributed by atoms with Crippen molar-refractivity contribution in [3.05, 3.63) is 60.7 Å². The number of hydrogen-bond acceptors (Lipinski definition) is 4. The van der Waals surface area contributed by atoms with Crippen LogP contribution in [0.4, 0.5) is 0 Å². The summed E-state index contributed by atoms with van der Waals surface area (Å²) in [6.45, 7) is 6.10. The Labute approximate surface area is 189 Å². The third-order valence-corrected chi connectivity index (χ3v) is 6.55. The molecule has 1 saturated heterocycles. The molecule has 0 spiro atoms. The van der Waals surface area contributed by atoms with Gasteiger partial charge in [0, 0.05) is 47.9 Å². The maximum atomic E-state index is 10.2. The summed E-state index contributed by atoms with van der Waals surface area (Å²) in [5.74, 6) is 0.409. The first-order valence-corrected chi connectivity index (χ1v) is 11.6. The minimum Gasteiger partial charge on any atom is -0.507 e. The van der Waals surface area contributed by atoms with Gasteiger partial charge in [0.25, 0.3) is 0 Å². The second-order valence-electron chi connectivity index (χ2n) is 7.15. The standard InChI is InChI=1S/C21H27I2N3O/c1-25-10-11-26(20(15-25)16-6-3-2-4-7-16)9-5-8-24-14-17-12-18(22)13-19(23)21(17)27/h2-4,6-7,12-13,20,24,27H,5,8-11,14-15H2,1H3. The number of nitrogens with zero attached hydrogens (tertiary/aromatic N) is 2. The molecule has 4 nitrogen and oxygen atoms in total. The molecule has 27 heavy (non-hydrogen) atoms. The van der Waals surface area contributed by atoms with Crippen LogP contribution in [0.2, 0.25) is 0 Å². The van der Waals surface area contributed by atoms with Gasteiger partial charge in [0.1, 0.15) is 5.75 Å². The molecule has 0 aliphatic carbocycles. The number of benzene rings is 2. The van der Waals surface area contributed by atoms with E-state index in [9.17, 15) is 5.11 Å². The molecule has 6 heteroatoms. The molecule has 3 rings (SSSR count). The van der Waals surface area contributed by atoms with Crippen LogP contribution in [-0.4, -0.2) is 54.7 Å². The summed E-state index contributed by atoms with van der Waals surface area (Å²) >= 11 is 4.49. The molecule has 0 radical (unpaired) electrons. The Morgan fingerprint density at radius 2 is 1.93 bits per heavy atom. The molecule has 146 valence electrons. The molecule has 1 aliphatic rings. The lowest BCUT2D eigenvalue weighted by atomic mass is 10.0. The average Bonchev–Trinajstić information content (AvgIpc) is 2.66. The smallest absolute Gasteiger partial charge is 0.133 e. The minimum atomic E-state index is 0.409. The molecule has 1 heterocycles. The van der Waals surface area contributed by atoms with Gasteiger partial charge in [-0.3, -0.25) is 4.90 Å². The molecule has 1 aliphatic heterocycles. The van der Waals surface area contributed by atoms with Crippen LogP contribution in [0.1, 0.15) is 23.6 Å². The van der Waals surface area contributed by atoms with Crippen molar-refractivity contribution < 1.29 is 5.11 Å². The van der Waals surface area contributed by atoms with Crippen LogP contribution in [0.25, 0.3) is 0 Å². The summed E-state index contributed by atoms with van der Waals surface area (Å²) in [5.41, 5.74) is 2.39.